The number of alkyl halides is 2. The first kappa shape index (κ1) is 23.3. The molecule has 10 heteroatoms. The molecule has 0 aromatic carbocycles. The summed E-state index contributed by atoms with van der Waals surface area (Å²) in [6.07, 6.45) is 11.0. The van der Waals surface area contributed by atoms with E-state index in [0.29, 0.717) is 23.4 Å². The van der Waals surface area contributed by atoms with E-state index in [0.717, 1.165) is 4.90 Å². The van der Waals surface area contributed by atoms with Crippen LogP contribution in [0.3, 0.4) is 0 Å². The van der Waals surface area contributed by atoms with Gasteiger partial charge in [-0.25, -0.2) is 23.1 Å². The fourth-order valence-corrected chi connectivity index (χ4v) is 3.40. The quantitative estimate of drug-likeness (QED) is 0.748. The van der Waals surface area contributed by atoms with Gasteiger partial charge in [-0.3, -0.25) is 0 Å². The highest BCUT2D eigenvalue weighted by Crippen LogP contribution is 2.43. The molecule has 0 radical (unpaired) electrons. The number of aromatic nitrogens is 3. The van der Waals surface area contributed by atoms with E-state index in [1.54, 1.807) is 63.1 Å². The molecule has 0 atom stereocenters. The first-order valence-electron chi connectivity index (χ1n) is 10.7. The average molecular weight is 439 g/mol. The Kier molecular flexibility index (Phi) is 7.77. The van der Waals surface area contributed by atoms with Crippen LogP contribution in [0.1, 0.15) is 43.4 Å². The molecule has 172 valence electrons. The predicted octanol–water partition coefficient (Wildman–Crippen LogP) is 2.81. The fourth-order valence-electron chi connectivity index (χ4n) is 3.40. The van der Waals surface area contributed by atoms with Gasteiger partial charge < -0.3 is 20.7 Å². The van der Waals surface area contributed by atoms with E-state index >= 15 is 0 Å². The van der Waals surface area contributed by atoms with Gasteiger partial charge in [0.15, 0.2) is 5.65 Å². The summed E-state index contributed by atoms with van der Waals surface area (Å²) in [7, 11) is 3.25. The number of rotatable bonds is 5. The largest absolute Gasteiger partial charge is 0.388 e. The van der Waals surface area contributed by atoms with E-state index in [1.807, 2.05) is 0 Å². The molecule has 1 saturated heterocycles. The topological polar surface area (TPSA) is 97.8 Å². The van der Waals surface area contributed by atoms with Crippen molar-refractivity contribution in [3.05, 3.63) is 29.7 Å². The van der Waals surface area contributed by atoms with Crippen molar-refractivity contribution in [3.63, 3.8) is 0 Å². The van der Waals surface area contributed by atoms with E-state index in [-0.39, 0.29) is 6.54 Å². The summed E-state index contributed by atoms with van der Waals surface area (Å²) >= 11 is 0. The first-order valence-corrected chi connectivity index (χ1v) is 10.7. The lowest BCUT2D eigenvalue weighted by Crippen LogP contribution is -2.56. The highest BCUT2D eigenvalue weighted by molar-refractivity contribution is 5.75. The maximum atomic E-state index is 13.3. The lowest BCUT2D eigenvalue weighted by Gasteiger charge is -2.32. The van der Waals surface area contributed by atoms with Crippen LogP contribution in [-0.4, -0.2) is 58.8 Å². The maximum Gasteiger partial charge on any atom is 0.318 e. The smallest absolute Gasteiger partial charge is 0.318 e. The molecule has 3 heterocycles. The monoisotopic (exact) mass is 438 g/mol. The molecule has 3 fully saturated rings. The zero-order valence-electron chi connectivity index (χ0n) is 18.2. The van der Waals surface area contributed by atoms with Crippen molar-refractivity contribution in [2.75, 3.05) is 27.3 Å². The van der Waals surface area contributed by atoms with E-state index in [4.69, 9.17) is 5.73 Å². The standard InChI is InChI=1S/C12H14F2N6O.C7H12.C2H6O/c13-12(14)6-16-11(21)19(7-12)4-8-1-10-18-9(2-15)5-20(10)17-3-8;1-2-6(1)5-7-3-4-7;1-3-2/h1,3,5H,2,4,6-7,15H2,(H,16,21);6-7H,1-5H2;1-2H3. The van der Waals surface area contributed by atoms with E-state index in [2.05, 4.69) is 20.1 Å². The lowest BCUT2D eigenvalue weighted by molar-refractivity contribution is -0.0367. The molecular formula is C21H32F2N6O2. The van der Waals surface area contributed by atoms with Gasteiger partial charge >= 0.3 is 6.03 Å². The van der Waals surface area contributed by atoms with Crippen molar-refractivity contribution in [1.82, 2.24) is 24.8 Å². The second-order valence-electron chi connectivity index (χ2n) is 8.50. The number of carbonyl (C=O) groups excluding carboxylic acids is 1. The number of halogens is 2. The number of hydrogen-bond acceptors (Lipinski definition) is 5. The van der Waals surface area contributed by atoms with Crippen LogP contribution in [0.15, 0.2) is 18.5 Å². The minimum atomic E-state index is -2.93. The SMILES string of the molecule is C1CC1CC1CC1.COC.NCc1cn2ncc(CN3CC(F)(F)CNC3=O)cc2n1. The molecule has 2 saturated carbocycles. The zero-order valence-corrected chi connectivity index (χ0v) is 18.2. The summed E-state index contributed by atoms with van der Waals surface area (Å²) in [6, 6.07) is 1.19. The van der Waals surface area contributed by atoms with Gasteiger partial charge in [0.2, 0.25) is 0 Å². The molecule has 2 aliphatic carbocycles. The minimum absolute atomic E-state index is 0.0513. The van der Waals surface area contributed by atoms with Crippen LogP contribution in [0, 0.1) is 11.8 Å². The number of urea groups is 1. The molecule has 8 nitrogen and oxygen atoms in total. The number of fused-ring (bicyclic) bond motifs is 1. The Morgan fingerprint density at radius 2 is 1.90 bits per heavy atom. The number of methoxy groups -OCH3 is 1. The third-order valence-electron chi connectivity index (χ3n) is 5.28. The van der Waals surface area contributed by atoms with Crippen LogP contribution < -0.4 is 11.1 Å². The number of nitrogens with zero attached hydrogens (tertiary/aromatic N) is 4. The Bertz CT molecular complexity index is 857. The van der Waals surface area contributed by atoms with Gasteiger partial charge in [-0.1, -0.05) is 25.7 Å². The molecule has 0 spiro atoms. The summed E-state index contributed by atoms with van der Waals surface area (Å²) < 4.78 is 32.5. The summed E-state index contributed by atoms with van der Waals surface area (Å²) in [5, 5.41) is 6.30. The molecule has 2 aromatic rings. The highest BCUT2D eigenvalue weighted by atomic mass is 19.3. The Hall–Kier alpha value is -2.33. The molecule has 1 aliphatic heterocycles. The van der Waals surface area contributed by atoms with Gasteiger partial charge in [-0.15, -0.1) is 0 Å². The Balaban J connectivity index is 0.000000223. The zero-order chi connectivity index (χ0) is 22.4. The van der Waals surface area contributed by atoms with Crippen LogP contribution in [-0.2, 0) is 17.8 Å². The molecule has 3 N–H and O–H groups in total. The van der Waals surface area contributed by atoms with Crippen molar-refractivity contribution >= 4 is 11.7 Å². The number of ether oxygens (including phenoxy) is 1. The molecule has 5 rings (SSSR count). The number of carbonyl (C=O) groups is 1. The maximum absolute atomic E-state index is 13.3. The van der Waals surface area contributed by atoms with Crippen LogP contribution in [0.25, 0.3) is 5.65 Å². The normalized spacial score (nSPS) is 19.8. The van der Waals surface area contributed by atoms with E-state index in [9.17, 15) is 13.6 Å². The second-order valence-corrected chi connectivity index (χ2v) is 8.50. The summed E-state index contributed by atoms with van der Waals surface area (Å²) in [5.74, 6) is -0.550. The third-order valence-corrected chi connectivity index (χ3v) is 5.28. The van der Waals surface area contributed by atoms with Crippen LogP contribution in [0.5, 0.6) is 0 Å². The molecular weight excluding hydrogens is 406 g/mol. The van der Waals surface area contributed by atoms with Gasteiger partial charge in [0, 0.05) is 27.3 Å². The predicted molar refractivity (Wildman–Crippen MR) is 113 cm³/mol. The third kappa shape index (κ3) is 7.39. The average Bonchev–Trinajstić information content (AvgIpc) is 3.67. The van der Waals surface area contributed by atoms with Crippen molar-refractivity contribution in [2.45, 2.75) is 51.1 Å². The molecule has 0 bridgehead atoms. The lowest BCUT2D eigenvalue weighted by atomic mass is 10.2. The molecule has 31 heavy (non-hydrogen) atoms. The number of amides is 2. The van der Waals surface area contributed by atoms with Gasteiger partial charge in [0.25, 0.3) is 5.92 Å². The summed E-state index contributed by atoms with van der Waals surface area (Å²) in [5.41, 5.74) is 7.38. The van der Waals surface area contributed by atoms with Crippen LogP contribution in [0.2, 0.25) is 0 Å². The van der Waals surface area contributed by atoms with Gasteiger partial charge in [0.05, 0.1) is 31.2 Å². The van der Waals surface area contributed by atoms with Crippen molar-refractivity contribution in [2.24, 2.45) is 17.6 Å². The molecule has 2 aromatic heterocycles. The van der Waals surface area contributed by atoms with Gasteiger partial charge in [-0.2, -0.15) is 5.10 Å². The second kappa shape index (κ2) is 10.3. The van der Waals surface area contributed by atoms with Crippen LogP contribution >= 0.6 is 0 Å². The molecule has 3 aliphatic rings. The Morgan fingerprint density at radius 1 is 1.26 bits per heavy atom. The van der Waals surface area contributed by atoms with Crippen molar-refractivity contribution in [1.29, 1.82) is 0 Å². The van der Waals surface area contributed by atoms with E-state index < -0.39 is 25.0 Å². The number of nitrogens with two attached hydrogens (primary N) is 1. The Labute approximate surface area is 181 Å². The summed E-state index contributed by atoms with van der Waals surface area (Å²) in [4.78, 5) is 16.9. The minimum Gasteiger partial charge on any atom is -0.388 e. The number of nitrogens with one attached hydrogen (secondary N) is 1. The molecule has 2 amide bonds. The van der Waals surface area contributed by atoms with Crippen LogP contribution in [0.4, 0.5) is 13.6 Å². The Morgan fingerprint density at radius 3 is 2.48 bits per heavy atom. The van der Waals surface area contributed by atoms with Gasteiger partial charge in [0.1, 0.15) is 0 Å². The van der Waals surface area contributed by atoms with Crippen molar-refractivity contribution in [3.8, 4) is 0 Å². The number of imidazole rings is 1. The first-order chi connectivity index (χ1) is 14.8. The highest BCUT2D eigenvalue weighted by Gasteiger charge is 2.38. The number of hydrogen-bond donors (Lipinski definition) is 2. The van der Waals surface area contributed by atoms with Crippen molar-refractivity contribution < 1.29 is 18.3 Å². The van der Waals surface area contributed by atoms with Gasteiger partial charge in [-0.05, 0) is 29.9 Å². The fraction of sp³-hybridized carbons (Fsp3) is 0.667. The molecule has 0 unspecified atom stereocenters. The summed E-state index contributed by atoms with van der Waals surface area (Å²) in [6.45, 7) is -0.887. The van der Waals surface area contributed by atoms with E-state index in [1.165, 1.54) is 18.0 Å².